The maximum atomic E-state index is 11.0. The van der Waals surface area contributed by atoms with Crippen molar-refractivity contribution in [3.8, 4) is 0 Å². The monoisotopic (exact) mass is 392 g/mol. The summed E-state index contributed by atoms with van der Waals surface area (Å²) in [5.41, 5.74) is 2.43. The predicted molar refractivity (Wildman–Crippen MR) is 111 cm³/mol. The first-order valence-electron chi connectivity index (χ1n) is 8.00. The zero-order chi connectivity index (χ0) is 19.9. The summed E-state index contributed by atoms with van der Waals surface area (Å²) < 4.78 is 4.15. The molecule has 0 saturated carbocycles. The van der Waals surface area contributed by atoms with Crippen LogP contribution in [-0.4, -0.2) is 23.3 Å². The SMILES string of the molecule is CC(C)c1ccccc1C(=O)S.CCOC=O.O=C(S)c1ccccc1. The summed E-state index contributed by atoms with van der Waals surface area (Å²) in [7, 11) is 0. The minimum Gasteiger partial charge on any atom is -0.468 e. The molecule has 0 amide bonds. The van der Waals surface area contributed by atoms with Crippen molar-refractivity contribution in [1.82, 2.24) is 0 Å². The highest BCUT2D eigenvalue weighted by atomic mass is 32.1. The molecule has 0 heterocycles. The van der Waals surface area contributed by atoms with E-state index in [1.165, 1.54) is 0 Å². The van der Waals surface area contributed by atoms with Gasteiger partial charge in [0.05, 0.1) is 6.61 Å². The third-order valence-electron chi connectivity index (χ3n) is 3.07. The number of rotatable bonds is 5. The van der Waals surface area contributed by atoms with Gasteiger partial charge in [-0.2, -0.15) is 0 Å². The molecule has 6 heteroatoms. The minimum atomic E-state index is -0.185. The lowest BCUT2D eigenvalue weighted by Crippen LogP contribution is -1.98. The van der Waals surface area contributed by atoms with Crippen molar-refractivity contribution >= 4 is 42.0 Å². The molecule has 2 aromatic rings. The molecule has 0 atom stereocenters. The van der Waals surface area contributed by atoms with Crippen LogP contribution in [0.1, 0.15) is 53.0 Å². The molecule has 4 nitrogen and oxygen atoms in total. The van der Waals surface area contributed by atoms with Crippen LogP contribution in [0.4, 0.5) is 0 Å². The Morgan fingerprint density at radius 3 is 1.81 bits per heavy atom. The summed E-state index contributed by atoms with van der Waals surface area (Å²) in [6.45, 7) is 6.79. The number of thiol groups is 2. The van der Waals surface area contributed by atoms with E-state index in [4.69, 9.17) is 0 Å². The predicted octanol–water partition coefficient (Wildman–Crippen LogP) is 4.82. The molecule has 0 bridgehead atoms. The fourth-order valence-corrected chi connectivity index (χ4v) is 2.20. The smallest absolute Gasteiger partial charge is 0.293 e. The van der Waals surface area contributed by atoms with Gasteiger partial charge in [-0.05, 0) is 18.4 Å². The Hall–Kier alpha value is -2.05. The molecule has 0 N–H and O–H groups in total. The lowest BCUT2D eigenvalue weighted by atomic mass is 9.98. The molecule has 2 aromatic carbocycles. The van der Waals surface area contributed by atoms with Crippen LogP contribution in [0.25, 0.3) is 0 Å². The first-order chi connectivity index (χ1) is 12.3. The Morgan fingerprint density at radius 1 is 0.962 bits per heavy atom. The molecule has 0 radical (unpaired) electrons. The Kier molecular flexibility index (Phi) is 13.0. The third kappa shape index (κ3) is 10.1. The van der Waals surface area contributed by atoms with Crippen molar-refractivity contribution in [3.63, 3.8) is 0 Å². The number of hydrogen-bond acceptors (Lipinski definition) is 4. The van der Waals surface area contributed by atoms with Gasteiger partial charge < -0.3 is 4.74 Å². The molecule has 140 valence electrons. The van der Waals surface area contributed by atoms with E-state index in [1.807, 2.05) is 42.5 Å². The Labute approximate surface area is 165 Å². The normalized spacial score (nSPS) is 9.15. The second-order valence-electron chi connectivity index (χ2n) is 5.27. The van der Waals surface area contributed by atoms with Gasteiger partial charge in [0.1, 0.15) is 0 Å². The van der Waals surface area contributed by atoms with Crippen LogP contribution in [0, 0.1) is 0 Å². The number of carbonyl (C=O) groups excluding carboxylic acids is 3. The largest absolute Gasteiger partial charge is 0.468 e. The van der Waals surface area contributed by atoms with E-state index in [9.17, 15) is 14.4 Å². The van der Waals surface area contributed by atoms with E-state index in [2.05, 4.69) is 43.8 Å². The molecule has 0 fully saturated rings. The average molecular weight is 393 g/mol. The van der Waals surface area contributed by atoms with Crippen LogP contribution in [0.5, 0.6) is 0 Å². The summed E-state index contributed by atoms with van der Waals surface area (Å²) in [5.74, 6) is 0.372. The first-order valence-corrected chi connectivity index (χ1v) is 8.90. The Bertz CT molecular complexity index is 685. The van der Waals surface area contributed by atoms with Crippen LogP contribution in [-0.2, 0) is 9.53 Å². The molecule has 0 saturated heterocycles. The number of benzene rings is 2. The highest BCUT2D eigenvalue weighted by Crippen LogP contribution is 2.20. The summed E-state index contributed by atoms with van der Waals surface area (Å²) >= 11 is 7.46. The fourth-order valence-electron chi connectivity index (χ4n) is 1.84. The molecule has 0 unspecified atom stereocenters. The van der Waals surface area contributed by atoms with Gasteiger partial charge in [-0.3, -0.25) is 14.4 Å². The van der Waals surface area contributed by atoms with Crippen LogP contribution in [0.15, 0.2) is 54.6 Å². The molecule has 0 spiro atoms. The van der Waals surface area contributed by atoms with Gasteiger partial charge in [0, 0.05) is 11.1 Å². The lowest BCUT2D eigenvalue weighted by molar-refractivity contribution is -0.128. The third-order valence-corrected chi connectivity index (χ3v) is 3.57. The van der Waals surface area contributed by atoms with Crippen molar-refractivity contribution in [3.05, 3.63) is 71.3 Å². The number of ether oxygens (including phenoxy) is 1. The van der Waals surface area contributed by atoms with Gasteiger partial charge in [-0.1, -0.05) is 68.4 Å². The molecule has 0 aliphatic heterocycles. The zero-order valence-electron chi connectivity index (χ0n) is 15.1. The highest BCUT2D eigenvalue weighted by Gasteiger charge is 2.08. The molecule has 2 rings (SSSR count). The van der Waals surface area contributed by atoms with Gasteiger partial charge in [-0.25, -0.2) is 0 Å². The van der Waals surface area contributed by atoms with Crippen molar-refractivity contribution in [1.29, 1.82) is 0 Å². The van der Waals surface area contributed by atoms with E-state index in [1.54, 1.807) is 19.1 Å². The van der Waals surface area contributed by atoms with E-state index in [-0.39, 0.29) is 10.2 Å². The van der Waals surface area contributed by atoms with E-state index >= 15 is 0 Å². The van der Waals surface area contributed by atoms with E-state index < -0.39 is 0 Å². The zero-order valence-corrected chi connectivity index (χ0v) is 16.9. The lowest BCUT2D eigenvalue weighted by Gasteiger charge is -2.08. The molecule has 0 aromatic heterocycles. The van der Waals surface area contributed by atoms with Gasteiger partial charge in [0.2, 0.25) is 10.2 Å². The van der Waals surface area contributed by atoms with Gasteiger partial charge in [-0.15, -0.1) is 25.3 Å². The quantitative estimate of drug-likeness (QED) is 0.566. The van der Waals surface area contributed by atoms with Crippen molar-refractivity contribution in [2.75, 3.05) is 6.61 Å². The molecule has 26 heavy (non-hydrogen) atoms. The van der Waals surface area contributed by atoms with Crippen LogP contribution < -0.4 is 0 Å². The minimum absolute atomic E-state index is 0.153. The first kappa shape index (κ1) is 23.9. The van der Waals surface area contributed by atoms with Gasteiger partial charge >= 0.3 is 0 Å². The van der Waals surface area contributed by atoms with E-state index in [0.717, 1.165) is 11.1 Å². The Balaban J connectivity index is 0.000000394. The summed E-state index contributed by atoms with van der Waals surface area (Å²) in [6.07, 6.45) is 0. The molecule has 0 aliphatic carbocycles. The van der Waals surface area contributed by atoms with Crippen molar-refractivity contribution < 1.29 is 19.1 Å². The fraction of sp³-hybridized carbons (Fsp3) is 0.250. The summed E-state index contributed by atoms with van der Waals surface area (Å²) in [6, 6.07) is 16.5. The van der Waals surface area contributed by atoms with Crippen LogP contribution in [0.2, 0.25) is 0 Å². The highest BCUT2D eigenvalue weighted by molar-refractivity contribution is 7.97. The molecular weight excluding hydrogens is 368 g/mol. The van der Waals surface area contributed by atoms with Crippen LogP contribution in [0.3, 0.4) is 0 Å². The Morgan fingerprint density at radius 2 is 1.50 bits per heavy atom. The summed E-state index contributed by atoms with van der Waals surface area (Å²) in [5, 5.41) is -0.338. The second-order valence-corrected chi connectivity index (χ2v) is 6.08. The van der Waals surface area contributed by atoms with Crippen molar-refractivity contribution in [2.45, 2.75) is 26.7 Å². The van der Waals surface area contributed by atoms with E-state index in [0.29, 0.717) is 24.6 Å². The van der Waals surface area contributed by atoms with Gasteiger partial charge in [0.25, 0.3) is 6.47 Å². The average Bonchev–Trinajstić information content (AvgIpc) is 2.64. The standard InChI is InChI=1S/C10H12OS.C7H6OS.C3H6O2/c1-7(2)8-5-3-4-6-9(8)10(11)12;8-7(9)6-4-2-1-3-5-6;1-2-5-3-4/h3-7H,1-2H3,(H,11,12);1-5H,(H,8,9);3H,2H2,1H3. The summed E-state index contributed by atoms with van der Waals surface area (Å²) in [4.78, 5) is 30.7. The topological polar surface area (TPSA) is 60.4 Å². The maximum absolute atomic E-state index is 11.0. The van der Waals surface area contributed by atoms with Gasteiger partial charge in [0.15, 0.2) is 0 Å². The number of hydrogen-bond donors (Lipinski definition) is 2. The molecule has 0 aliphatic rings. The second kappa shape index (κ2) is 14.2. The van der Waals surface area contributed by atoms with Crippen LogP contribution >= 0.6 is 25.3 Å². The van der Waals surface area contributed by atoms with Crippen molar-refractivity contribution in [2.24, 2.45) is 0 Å². The molecular formula is C20H24O4S2. The maximum Gasteiger partial charge on any atom is 0.293 e. The number of carbonyl (C=O) groups is 3.